The molecule has 0 radical (unpaired) electrons. The van der Waals surface area contributed by atoms with Crippen LogP contribution in [0.3, 0.4) is 0 Å². The molecule has 0 N–H and O–H groups in total. The first-order valence-electron chi connectivity index (χ1n) is 5.14. The molecule has 0 heterocycles. The molecule has 0 atom stereocenters. The van der Waals surface area contributed by atoms with Crippen molar-refractivity contribution in [1.82, 2.24) is 4.90 Å². The zero-order valence-corrected chi connectivity index (χ0v) is 9.84. The van der Waals surface area contributed by atoms with E-state index in [1.165, 1.54) is 0 Å². The number of alkyl halides is 4. The van der Waals surface area contributed by atoms with Crippen LogP contribution in [0.5, 0.6) is 0 Å². The van der Waals surface area contributed by atoms with Crippen LogP contribution in [0.2, 0.25) is 0 Å². The number of hydrogen-bond acceptors (Lipinski definition) is 2. The minimum atomic E-state index is -5.01. The number of amides is 1. The monoisotopic (exact) mass is 257 g/mol. The number of hydrogen-bond donors (Lipinski definition) is 0. The van der Waals surface area contributed by atoms with Gasteiger partial charge in [0.05, 0.1) is 0 Å². The van der Waals surface area contributed by atoms with E-state index in [9.17, 15) is 27.2 Å². The van der Waals surface area contributed by atoms with Gasteiger partial charge in [0.2, 0.25) is 0 Å². The van der Waals surface area contributed by atoms with Crippen LogP contribution in [-0.4, -0.2) is 42.0 Å². The Morgan fingerprint density at radius 3 is 1.94 bits per heavy atom. The molecule has 0 aliphatic heterocycles. The van der Waals surface area contributed by atoms with Gasteiger partial charge in [-0.05, 0) is 12.8 Å². The molecule has 0 rings (SSSR count). The molecule has 7 heteroatoms. The molecule has 0 aliphatic carbocycles. The van der Waals surface area contributed by atoms with Crippen LogP contribution in [0.25, 0.3) is 0 Å². The van der Waals surface area contributed by atoms with Gasteiger partial charge >= 0.3 is 11.8 Å². The molecule has 0 unspecified atom stereocenters. The topological polar surface area (TPSA) is 37.4 Å². The highest BCUT2D eigenvalue weighted by Crippen LogP contribution is 2.34. The van der Waals surface area contributed by atoms with Crippen molar-refractivity contribution in [2.24, 2.45) is 0 Å². The fourth-order valence-electron chi connectivity index (χ4n) is 1.44. The maximum absolute atomic E-state index is 13.1. The van der Waals surface area contributed by atoms with E-state index in [0.717, 1.165) is 7.05 Å². The summed E-state index contributed by atoms with van der Waals surface area (Å²) >= 11 is 0. The van der Waals surface area contributed by atoms with Crippen LogP contribution in [-0.2, 0) is 9.59 Å². The van der Waals surface area contributed by atoms with Crippen molar-refractivity contribution in [2.45, 2.75) is 44.6 Å². The number of carbonyl (C=O) groups is 2. The van der Waals surface area contributed by atoms with Crippen LogP contribution in [0.1, 0.15) is 26.7 Å². The van der Waals surface area contributed by atoms with E-state index in [2.05, 4.69) is 0 Å². The highest BCUT2D eigenvalue weighted by molar-refractivity contribution is 5.89. The van der Waals surface area contributed by atoms with Crippen molar-refractivity contribution in [2.75, 3.05) is 7.05 Å². The van der Waals surface area contributed by atoms with Crippen LogP contribution < -0.4 is 0 Å². The van der Waals surface area contributed by atoms with Crippen molar-refractivity contribution in [1.29, 1.82) is 0 Å². The second kappa shape index (κ2) is 5.46. The highest BCUT2D eigenvalue weighted by Gasteiger charge is 2.63. The lowest BCUT2D eigenvalue weighted by atomic mass is 10.1. The van der Waals surface area contributed by atoms with E-state index in [-0.39, 0.29) is 0 Å². The molecule has 0 bridgehead atoms. The molecule has 0 aliphatic rings. The van der Waals surface area contributed by atoms with Crippen LogP contribution in [0.15, 0.2) is 0 Å². The fourth-order valence-corrected chi connectivity index (χ4v) is 1.44. The van der Waals surface area contributed by atoms with E-state index in [4.69, 9.17) is 0 Å². The lowest BCUT2D eigenvalue weighted by Gasteiger charge is -2.31. The Kier molecular flexibility index (Phi) is 5.10. The third-order valence-corrected chi connectivity index (χ3v) is 2.65. The van der Waals surface area contributed by atoms with Crippen molar-refractivity contribution in [3.05, 3.63) is 0 Å². The number of halogens is 4. The van der Waals surface area contributed by atoms with Crippen molar-refractivity contribution in [3.8, 4) is 0 Å². The van der Waals surface area contributed by atoms with E-state index >= 15 is 0 Å². The predicted octanol–water partition coefficient (Wildman–Crippen LogP) is 2.10. The van der Waals surface area contributed by atoms with E-state index in [1.54, 1.807) is 13.8 Å². The first kappa shape index (κ1) is 15.9. The fraction of sp³-hybridized carbons (Fsp3) is 0.800. The summed E-state index contributed by atoms with van der Waals surface area (Å²) in [6.45, 7) is 3.29. The average molecular weight is 257 g/mol. The Labute approximate surface area is 96.8 Å². The van der Waals surface area contributed by atoms with Gasteiger partial charge in [0.1, 0.15) is 0 Å². The van der Waals surface area contributed by atoms with Crippen LogP contribution in [0.4, 0.5) is 17.6 Å². The van der Waals surface area contributed by atoms with Gasteiger partial charge in [-0.2, -0.15) is 17.6 Å². The SMILES string of the molecule is CCC(CC)N(C)C(=O)C(F)(F)C(F)(F)C=O. The average Bonchev–Trinajstić information content (AvgIpc) is 2.29. The van der Waals surface area contributed by atoms with Gasteiger partial charge < -0.3 is 4.90 Å². The molecule has 17 heavy (non-hydrogen) atoms. The van der Waals surface area contributed by atoms with Gasteiger partial charge in [0.25, 0.3) is 5.91 Å². The number of rotatable bonds is 6. The highest BCUT2D eigenvalue weighted by atomic mass is 19.3. The largest absolute Gasteiger partial charge is 0.393 e. The molecule has 1 amide bonds. The summed E-state index contributed by atoms with van der Waals surface area (Å²) in [5.41, 5.74) is 0. The molecule has 0 aromatic carbocycles. The van der Waals surface area contributed by atoms with Gasteiger partial charge in [-0.25, -0.2) is 0 Å². The second-order valence-electron chi connectivity index (χ2n) is 3.70. The molecule has 3 nitrogen and oxygen atoms in total. The molecule has 0 spiro atoms. The third kappa shape index (κ3) is 2.95. The number of aldehydes is 1. The van der Waals surface area contributed by atoms with Crippen LogP contribution in [0, 0.1) is 0 Å². The lowest BCUT2D eigenvalue weighted by Crippen LogP contribution is -2.55. The maximum atomic E-state index is 13.1. The smallest absolute Gasteiger partial charge is 0.337 e. The Balaban J connectivity index is 5.10. The van der Waals surface area contributed by atoms with Gasteiger partial charge in [-0.15, -0.1) is 0 Å². The minimum absolute atomic E-state index is 0.363. The molecule has 0 aromatic heterocycles. The first-order chi connectivity index (χ1) is 7.65. The van der Waals surface area contributed by atoms with Gasteiger partial charge in [0.15, 0.2) is 6.29 Å². The normalized spacial score (nSPS) is 12.7. The van der Waals surface area contributed by atoms with E-state index in [1.807, 2.05) is 0 Å². The molecule has 0 fully saturated rings. The Hall–Kier alpha value is -1.14. The summed E-state index contributed by atoms with van der Waals surface area (Å²) in [5.74, 6) is -12.0. The summed E-state index contributed by atoms with van der Waals surface area (Å²) in [6.07, 6.45) is -0.478. The lowest BCUT2D eigenvalue weighted by molar-refractivity contribution is -0.210. The number of nitrogens with zero attached hydrogens (tertiary/aromatic N) is 1. The first-order valence-corrected chi connectivity index (χ1v) is 5.14. The molecule has 0 saturated heterocycles. The van der Waals surface area contributed by atoms with Crippen LogP contribution >= 0.6 is 0 Å². The molecule has 0 aromatic rings. The summed E-state index contributed by atoms with van der Waals surface area (Å²) in [5, 5.41) is 0. The van der Waals surface area contributed by atoms with E-state index in [0.29, 0.717) is 17.7 Å². The maximum Gasteiger partial charge on any atom is 0.393 e. The zero-order valence-electron chi connectivity index (χ0n) is 9.84. The summed E-state index contributed by atoms with van der Waals surface area (Å²) in [7, 11) is 1.02. The molecule has 0 saturated carbocycles. The minimum Gasteiger partial charge on any atom is -0.337 e. The standard InChI is InChI=1S/C10H15F4NO2/c1-4-7(5-2)15(3)8(17)10(13,14)9(11,12)6-16/h6-7H,4-5H2,1-3H3. The Bertz CT molecular complexity index is 290. The molecular weight excluding hydrogens is 242 g/mol. The third-order valence-electron chi connectivity index (χ3n) is 2.65. The summed E-state index contributed by atoms with van der Waals surface area (Å²) in [6, 6.07) is -0.559. The Morgan fingerprint density at radius 2 is 1.65 bits per heavy atom. The Morgan fingerprint density at radius 1 is 1.24 bits per heavy atom. The van der Waals surface area contributed by atoms with Crippen molar-refractivity contribution >= 4 is 12.2 Å². The summed E-state index contributed by atoms with van der Waals surface area (Å²) in [4.78, 5) is 21.7. The van der Waals surface area contributed by atoms with Gasteiger partial charge in [0, 0.05) is 13.1 Å². The zero-order chi connectivity index (χ0) is 13.9. The van der Waals surface area contributed by atoms with Crippen molar-refractivity contribution in [3.63, 3.8) is 0 Å². The van der Waals surface area contributed by atoms with Gasteiger partial charge in [-0.3, -0.25) is 9.59 Å². The predicted molar refractivity (Wildman–Crippen MR) is 53.1 cm³/mol. The number of carbonyl (C=O) groups excluding carboxylic acids is 2. The van der Waals surface area contributed by atoms with Crippen molar-refractivity contribution < 1.29 is 27.2 Å². The summed E-state index contributed by atoms with van der Waals surface area (Å²) < 4.78 is 51.5. The quantitative estimate of drug-likeness (QED) is 0.540. The second-order valence-corrected chi connectivity index (χ2v) is 3.70. The van der Waals surface area contributed by atoms with E-state index < -0.39 is 30.1 Å². The van der Waals surface area contributed by atoms with Gasteiger partial charge in [-0.1, -0.05) is 13.8 Å². The molecular formula is C10H15F4NO2. The molecule has 100 valence electrons.